The van der Waals surface area contributed by atoms with Gasteiger partial charge < -0.3 is 9.67 Å². The van der Waals surface area contributed by atoms with E-state index < -0.39 is 0 Å². The first-order valence-electron chi connectivity index (χ1n) is 6.58. The molecule has 22 heavy (non-hydrogen) atoms. The zero-order valence-electron chi connectivity index (χ0n) is 11.5. The minimum atomic E-state index is -0.228. The number of amides is 1. The van der Waals surface area contributed by atoms with Gasteiger partial charge in [0, 0.05) is 11.9 Å². The molecule has 0 radical (unpaired) electrons. The highest BCUT2D eigenvalue weighted by molar-refractivity contribution is 7.12. The number of aromatic nitrogens is 1. The Bertz CT molecular complexity index is 789. The lowest BCUT2D eigenvalue weighted by molar-refractivity contribution is 0.0959. The van der Waals surface area contributed by atoms with Crippen LogP contribution in [-0.2, 0) is 0 Å². The third kappa shape index (κ3) is 3.07. The van der Waals surface area contributed by atoms with Crippen molar-refractivity contribution in [2.75, 3.05) is 0 Å². The maximum Gasteiger partial charge on any atom is 0.281 e. The van der Waals surface area contributed by atoms with Gasteiger partial charge in [-0.15, -0.1) is 11.3 Å². The largest absolute Gasteiger partial charge is 0.508 e. The van der Waals surface area contributed by atoms with Gasteiger partial charge in [-0.2, -0.15) is 5.10 Å². The van der Waals surface area contributed by atoms with Crippen LogP contribution in [0.5, 0.6) is 5.75 Å². The maximum absolute atomic E-state index is 11.8. The fraction of sp³-hybridized carbons (Fsp3) is 0. The summed E-state index contributed by atoms with van der Waals surface area (Å²) < 4.78 is 1.90. The number of hydrogen-bond donors (Lipinski definition) is 2. The van der Waals surface area contributed by atoms with Crippen LogP contribution in [0.1, 0.15) is 15.4 Å². The molecule has 6 heteroatoms. The Morgan fingerprint density at radius 2 is 2.00 bits per heavy atom. The standard InChI is InChI=1S/C16H13N3O2S/c20-14-7-5-12(6-8-14)19-9-1-3-13(19)11-17-18-16(21)15-4-2-10-22-15/h1-11,20H,(H,18,21)/b17-11-. The second-order valence-corrected chi connectivity index (χ2v) is 5.44. The van der Waals surface area contributed by atoms with Crippen LogP contribution in [0.3, 0.4) is 0 Å². The summed E-state index contributed by atoms with van der Waals surface area (Å²) in [7, 11) is 0. The van der Waals surface area contributed by atoms with E-state index in [0.717, 1.165) is 11.4 Å². The molecule has 0 aliphatic carbocycles. The van der Waals surface area contributed by atoms with Gasteiger partial charge in [-0.1, -0.05) is 6.07 Å². The summed E-state index contributed by atoms with van der Waals surface area (Å²) >= 11 is 1.37. The van der Waals surface area contributed by atoms with Gasteiger partial charge in [-0.25, -0.2) is 5.43 Å². The number of hydrogen-bond acceptors (Lipinski definition) is 4. The second-order valence-electron chi connectivity index (χ2n) is 4.50. The number of nitrogens with zero attached hydrogens (tertiary/aromatic N) is 2. The van der Waals surface area contributed by atoms with E-state index in [1.54, 1.807) is 36.5 Å². The maximum atomic E-state index is 11.8. The molecular formula is C16H13N3O2S. The van der Waals surface area contributed by atoms with Gasteiger partial charge in [0.25, 0.3) is 5.91 Å². The van der Waals surface area contributed by atoms with Crippen molar-refractivity contribution in [3.8, 4) is 11.4 Å². The fourth-order valence-electron chi connectivity index (χ4n) is 1.97. The first-order valence-corrected chi connectivity index (χ1v) is 7.46. The van der Waals surface area contributed by atoms with Crippen molar-refractivity contribution in [3.05, 3.63) is 70.7 Å². The van der Waals surface area contributed by atoms with E-state index in [1.165, 1.54) is 11.3 Å². The number of aromatic hydroxyl groups is 1. The molecule has 1 aromatic carbocycles. The highest BCUT2D eigenvalue weighted by atomic mass is 32.1. The van der Waals surface area contributed by atoms with E-state index in [1.807, 2.05) is 34.3 Å². The summed E-state index contributed by atoms with van der Waals surface area (Å²) in [6.07, 6.45) is 3.47. The summed E-state index contributed by atoms with van der Waals surface area (Å²) in [5, 5.41) is 15.2. The molecule has 0 saturated heterocycles. The molecule has 2 heterocycles. The molecule has 0 bridgehead atoms. The third-order valence-corrected chi connectivity index (χ3v) is 3.88. The Morgan fingerprint density at radius 1 is 1.18 bits per heavy atom. The molecule has 1 amide bonds. The number of phenolic OH excluding ortho intramolecular Hbond substituents is 1. The Morgan fingerprint density at radius 3 is 2.73 bits per heavy atom. The van der Waals surface area contributed by atoms with Crippen molar-refractivity contribution < 1.29 is 9.90 Å². The van der Waals surface area contributed by atoms with Gasteiger partial charge in [0.2, 0.25) is 0 Å². The van der Waals surface area contributed by atoms with Gasteiger partial charge in [0.15, 0.2) is 0 Å². The molecule has 2 aromatic heterocycles. The average molecular weight is 311 g/mol. The predicted octanol–water partition coefficient (Wildman–Crippen LogP) is 3.01. The van der Waals surface area contributed by atoms with Crippen molar-refractivity contribution >= 4 is 23.5 Å². The van der Waals surface area contributed by atoms with Crippen LogP contribution in [0.4, 0.5) is 0 Å². The fourth-order valence-corrected chi connectivity index (χ4v) is 2.58. The molecule has 110 valence electrons. The van der Waals surface area contributed by atoms with Crippen LogP contribution in [0.15, 0.2) is 65.2 Å². The van der Waals surface area contributed by atoms with Crippen LogP contribution in [0, 0.1) is 0 Å². The quantitative estimate of drug-likeness (QED) is 0.574. The lowest BCUT2D eigenvalue weighted by Crippen LogP contribution is -2.16. The highest BCUT2D eigenvalue weighted by Gasteiger charge is 2.05. The monoisotopic (exact) mass is 311 g/mol. The normalized spacial score (nSPS) is 10.9. The first kappa shape index (κ1) is 14.1. The molecule has 3 aromatic rings. The molecule has 0 atom stereocenters. The molecule has 0 unspecified atom stereocenters. The molecule has 0 aliphatic rings. The SMILES string of the molecule is O=C(N/N=C\c1cccn1-c1ccc(O)cc1)c1cccs1. The number of carbonyl (C=O) groups is 1. The van der Waals surface area contributed by atoms with Crippen LogP contribution >= 0.6 is 11.3 Å². The van der Waals surface area contributed by atoms with Crippen molar-refractivity contribution in [1.82, 2.24) is 9.99 Å². The zero-order chi connectivity index (χ0) is 15.4. The second kappa shape index (κ2) is 6.28. The van der Waals surface area contributed by atoms with E-state index in [-0.39, 0.29) is 11.7 Å². The highest BCUT2D eigenvalue weighted by Crippen LogP contribution is 2.15. The smallest absolute Gasteiger partial charge is 0.281 e. The van der Waals surface area contributed by atoms with Crippen molar-refractivity contribution in [1.29, 1.82) is 0 Å². The summed E-state index contributed by atoms with van der Waals surface area (Å²) in [4.78, 5) is 12.4. The van der Waals surface area contributed by atoms with Crippen molar-refractivity contribution in [2.24, 2.45) is 5.10 Å². The van der Waals surface area contributed by atoms with Crippen molar-refractivity contribution in [3.63, 3.8) is 0 Å². The van der Waals surface area contributed by atoms with E-state index in [2.05, 4.69) is 10.5 Å². The Kier molecular flexibility index (Phi) is 4.02. The Hall–Kier alpha value is -2.86. The zero-order valence-corrected chi connectivity index (χ0v) is 12.3. The molecule has 0 aliphatic heterocycles. The van der Waals surface area contributed by atoms with Crippen LogP contribution < -0.4 is 5.43 Å². The van der Waals surface area contributed by atoms with Crippen molar-refractivity contribution in [2.45, 2.75) is 0 Å². The molecule has 2 N–H and O–H groups in total. The van der Waals surface area contributed by atoms with E-state index >= 15 is 0 Å². The summed E-state index contributed by atoms with van der Waals surface area (Å²) in [5.41, 5.74) is 4.21. The summed E-state index contributed by atoms with van der Waals surface area (Å²) in [6, 6.07) is 14.2. The van der Waals surface area contributed by atoms with Gasteiger partial charge in [0.1, 0.15) is 5.75 Å². The number of hydrazone groups is 1. The van der Waals surface area contributed by atoms with Gasteiger partial charge in [-0.05, 0) is 47.8 Å². The average Bonchev–Trinajstić information content (AvgIpc) is 3.19. The number of thiophene rings is 1. The van der Waals surface area contributed by atoms with E-state index in [0.29, 0.717) is 4.88 Å². The van der Waals surface area contributed by atoms with Gasteiger partial charge in [-0.3, -0.25) is 4.79 Å². The number of carbonyl (C=O) groups excluding carboxylic acids is 1. The minimum Gasteiger partial charge on any atom is -0.508 e. The minimum absolute atomic E-state index is 0.217. The van der Waals surface area contributed by atoms with E-state index in [9.17, 15) is 9.90 Å². The van der Waals surface area contributed by atoms with Crippen LogP contribution in [0.25, 0.3) is 5.69 Å². The predicted molar refractivity (Wildman–Crippen MR) is 86.8 cm³/mol. The summed E-state index contributed by atoms with van der Waals surface area (Å²) in [5.74, 6) is -0.0108. The third-order valence-electron chi connectivity index (χ3n) is 3.02. The Labute approximate surface area is 131 Å². The molecular weight excluding hydrogens is 298 g/mol. The summed E-state index contributed by atoms with van der Waals surface area (Å²) in [6.45, 7) is 0. The molecule has 0 spiro atoms. The number of rotatable bonds is 4. The van der Waals surface area contributed by atoms with E-state index in [4.69, 9.17) is 0 Å². The number of phenols is 1. The van der Waals surface area contributed by atoms with Gasteiger partial charge in [0.05, 0.1) is 16.8 Å². The first-order chi connectivity index (χ1) is 10.7. The topological polar surface area (TPSA) is 66.6 Å². The molecule has 5 nitrogen and oxygen atoms in total. The lowest BCUT2D eigenvalue weighted by Gasteiger charge is -2.06. The molecule has 3 rings (SSSR count). The Balaban J connectivity index is 1.74. The van der Waals surface area contributed by atoms with Crippen LogP contribution in [0.2, 0.25) is 0 Å². The van der Waals surface area contributed by atoms with Crippen LogP contribution in [-0.4, -0.2) is 21.8 Å². The molecule has 0 fully saturated rings. The number of nitrogens with one attached hydrogen (secondary N) is 1. The lowest BCUT2D eigenvalue weighted by atomic mass is 10.3. The molecule has 0 saturated carbocycles. The number of benzene rings is 1. The van der Waals surface area contributed by atoms with Gasteiger partial charge >= 0.3 is 0 Å².